The molecule has 17 heavy (non-hydrogen) atoms. The van der Waals surface area contributed by atoms with E-state index in [1.54, 1.807) is 13.4 Å². The fraction of sp³-hybridized carbons (Fsp3) is 0.692. The van der Waals surface area contributed by atoms with Crippen LogP contribution in [-0.4, -0.2) is 43.4 Å². The molecule has 2 aliphatic rings. The van der Waals surface area contributed by atoms with E-state index >= 15 is 0 Å². The zero-order valence-corrected chi connectivity index (χ0v) is 10.2. The zero-order valence-electron chi connectivity index (χ0n) is 10.2. The van der Waals surface area contributed by atoms with Gasteiger partial charge in [0.2, 0.25) is 0 Å². The minimum atomic E-state index is 0.251. The Balaban J connectivity index is 1.69. The van der Waals surface area contributed by atoms with E-state index in [0.29, 0.717) is 6.04 Å². The summed E-state index contributed by atoms with van der Waals surface area (Å²) < 4.78 is 16.5. The summed E-state index contributed by atoms with van der Waals surface area (Å²) in [5.74, 6) is 0. The Labute approximate surface area is 101 Å². The third kappa shape index (κ3) is 2.12. The van der Waals surface area contributed by atoms with Crippen LogP contribution in [0.3, 0.4) is 0 Å². The second kappa shape index (κ2) is 4.80. The van der Waals surface area contributed by atoms with Gasteiger partial charge in [0.1, 0.15) is 0 Å². The number of morpholine rings is 1. The maximum Gasteiger partial charge on any atom is 0.0991 e. The molecule has 0 bridgehead atoms. The van der Waals surface area contributed by atoms with Gasteiger partial charge >= 0.3 is 0 Å². The molecule has 3 atom stereocenters. The first-order chi connectivity index (χ1) is 8.38. The summed E-state index contributed by atoms with van der Waals surface area (Å²) in [5, 5.41) is 0. The lowest BCUT2D eigenvalue weighted by Gasteiger charge is -2.38. The molecule has 2 fully saturated rings. The van der Waals surface area contributed by atoms with Crippen LogP contribution in [0.15, 0.2) is 23.0 Å². The van der Waals surface area contributed by atoms with Crippen molar-refractivity contribution in [2.75, 3.05) is 20.3 Å². The first-order valence-electron chi connectivity index (χ1n) is 6.28. The summed E-state index contributed by atoms with van der Waals surface area (Å²) in [7, 11) is 1.78. The van der Waals surface area contributed by atoms with E-state index in [9.17, 15) is 0 Å². The number of nitrogens with zero attached hydrogens (tertiary/aromatic N) is 1. The van der Waals surface area contributed by atoms with Gasteiger partial charge in [0.25, 0.3) is 0 Å². The van der Waals surface area contributed by atoms with Crippen LogP contribution in [0.25, 0.3) is 0 Å². The Kier molecular flexibility index (Phi) is 3.18. The van der Waals surface area contributed by atoms with E-state index in [1.165, 1.54) is 12.0 Å². The van der Waals surface area contributed by atoms with E-state index in [0.717, 1.165) is 26.1 Å². The molecule has 3 rings (SSSR count). The standard InChI is InChI=1S/C13H19NO3/c1-15-12-3-2-11-13(12)17-7-5-14(11)8-10-4-6-16-9-10/h4,6,9,11-13H,2-3,5,7-8H2,1H3/t11-,12+,13+/m0/s1. The lowest BCUT2D eigenvalue weighted by molar-refractivity contribution is -0.106. The predicted octanol–water partition coefficient (Wildman–Crippen LogP) is 1.66. The second-order valence-corrected chi connectivity index (χ2v) is 4.86. The van der Waals surface area contributed by atoms with Crippen molar-refractivity contribution in [3.63, 3.8) is 0 Å². The highest BCUT2D eigenvalue weighted by atomic mass is 16.5. The highest BCUT2D eigenvalue weighted by Gasteiger charge is 2.42. The highest BCUT2D eigenvalue weighted by Crippen LogP contribution is 2.32. The van der Waals surface area contributed by atoms with Crippen LogP contribution in [0.4, 0.5) is 0 Å². The van der Waals surface area contributed by atoms with Crippen LogP contribution in [-0.2, 0) is 16.0 Å². The molecule has 0 N–H and O–H groups in total. The van der Waals surface area contributed by atoms with Gasteiger partial charge in [-0.15, -0.1) is 0 Å². The van der Waals surface area contributed by atoms with Gasteiger partial charge in [-0.1, -0.05) is 0 Å². The summed E-state index contributed by atoms with van der Waals surface area (Å²) >= 11 is 0. The molecule has 0 radical (unpaired) electrons. The van der Waals surface area contributed by atoms with Crippen LogP contribution in [0.1, 0.15) is 18.4 Å². The molecule has 1 saturated carbocycles. The topological polar surface area (TPSA) is 34.8 Å². The van der Waals surface area contributed by atoms with E-state index in [4.69, 9.17) is 13.9 Å². The SMILES string of the molecule is CO[C@@H]1CC[C@H]2[C@H]1OCCN2Cc1ccoc1. The van der Waals surface area contributed by atoms with Crippen LogP contribution in [0.2, 0.25) is 0 Å². The van der Waals surface area contributed by atoms with Crippen LogP contribution in [0, 0.1) is 0 Å². The van der Waals surface area contributed by atoms with Crippen molar-refractivity contribution in [2.45, 2.75) is 37.6 Å². The summed E-state index contributed by atoms with van der Waals surface area (Å²) in [5.41, 5.74) is 1.24. The Morgan fingerprint density at radius 2 is 2.41 bits per heavy atom. The molecule has 0 amide bonds. The zero-order chi connectivity index (χ0) is 11.7. The van der Waals surface area contributed by atoms with Gasteiger partial charge in [0, 0.05) is 31.8 Å². The molecule has 0 spiro atoms. The third-order valence-corrected chi connectivity index (χ3v) is 3.92. The van der Waals surface area contributed by atoms with Gasteiger partial charge in [-0.3, -0.25) is 4.90 Å². The first kappa shape index (κ1) is 11.3. The number of ether oxygens (including phenoxy) is 2. The largest absolute Gasteiger partial charge is 0.472 e. The summed E-state index contributed by atoms with van der Waals surface area (Å²) in [4.78, 5) is 2.50. The Morgan fingerprint density at radius 1 is 1.47 bits per heavy atom. The van der Waals surface area contributed by atoms with Crippen molar-refractivity contribution in [1.29, 1.82) is 0 Å². The van der Waals surface area contributed by atoms with Crippen LogP contribution >= 0.6 is 0 Å². The Bertz CT molecular complexity index is 352. The number of hydrogen-bond acceptors (Lipinski definition) is 4. The highest BCUT2D eigenvalue weighted by molar-refractivity contribution is 5.07. The predicted molar refractivity (Wildman–Crippen MR) is 62.7 cm³/mol. The number of hydrogen-bond donors (Lipinski definition) is 0. The molecule has 4 heteroatoms. The van der Waals surface area contributed by atoms with Gasteiger partial charge in [0.15, 0.2) is 0 Å². The molecule has 1 aromatic heterocycles. The van der Waals surface area contributed by atoms with Gasteiger partial charge in [-0.2, -0.15) is 0 Å². The van der Waals surface area contributed by atoms with Gasteiger partial charge in [-0.25, -0.2) is 0 Å². The molecule has 0 aromatic carbocycles. The molecule has 4 nitrogen and oxygen atoms in total. The average molecular weight is 237 g/mol. The number of rotatable bonds is 3. The second-order valence-electron chi connectivity index (χ2n) is 4.86. The molecule has 1 aromatic rings. The summed E-state index contributed by atoms with van der Waals surface area (Å²) in [6, 6.07) is 2.54. The van der Waals surface area contributed by atoms with Crippen molar-refractivity contribution in [3.8, 4) is 0 Å². The van der Waals surface area contributed by atoms with Crippen molar-refractivity contribution in [1.82, 2.24) is 4.90 Å². The first-order valence-corrected chi connectivity index (χ1v) is 6.28. The Hall–Kier alpha value is -0.840. The minimum absolute atomic E-state index is 0.251. The number of furan rings is 1. The van der Waals surface area contributed by atoms with E-state index in [2.05, 4.69) is 4.90 Å². The van der Waals surface area contributed by atoms with Gasteiger partial charge in [0.05, 0.1) is 31.3 Å². The van der Waals surface area contributed by atoms with Crippen molar-refractivity contribution in [3.05, 3.63) is 24.2 Å². The fourth-order valence-electron chi connectivity index (χ4n) is 3.06. The van der Waals surface area contributed by atoms with Gasteiger partial charge in [-0.05, 0) is 18.9 Å². The third-order valence-electron chi connectivity index (χ3n) is 3.92. The quantitative estimate of drug-likeness (QED) is 0.801. The summed E-state index contributed by atoms with van der Waals surface area (Å²) in [6.07, 6.45) is 6.36. The van der Waals surface area contributed by atoms with Crippen molar-refractivity contribution < 1.29 is 13.9 Å². The average Bonchev–Trinajstić information content (AvgIpc) is 2.97. The lowest BCUT2D eigenvalue weighted by atomic mass is 10.1. The van der Waals surface area contributed by atoms with E-state index < -0.39 is 0 Å². The van der Waals surface area contributed by atoms with E-state index in [-0.39, 0.29) is 12.2 Å². The minimum Gasteiger partial charge on any atom is -0.472 e. The monoisotopic (exact) mass is 237 g/mol. The molecule has 1 saturated heterocycles. The van der Waals surface area contributed by atoms with Crippen LogP contribution in [0.5, 0.6) is 0 Å². The number of methoxy groups -OCH3 is 1. The van der Waals surface area contributed by atoms with Crippen LogP contribution < -0.4 is 0 Å². The molecule has 1 aliphatic carbocycles. The maximum atomic E-state index is 5.86. The summed E-state index contributed by atoms with van der Waals surface area (Å²) in [6.45, 7) is 2.76. The molecule has 94 valence electrons. The fourth-order valence-corrected chi connectivity index (χ4v) is 3.06. The molecular weight excluding hydrogens is 218 g/mol. The maximum absolute atomic E-state index is 5.86. The van der Waals surface area contributed by atoms with Gasteiger partial charge < -0.3 is 13.9 Å². The molecule has 0 unspecified atom stereocenters. The normalized spacial score (nSPS) is 33.8. The molecular formula is C13H19NO3. The molecule has 1 aliphatic heterocycles. The lowest BCUT2D eigenvalue weighted by Crippen LogP contribution is -2.51. The van der Waals surface area contributed by atoms with Crippen molar-refractivity contribution in [2.24, 2.45) is 0 Å². The molecule has 2 heterocycles. The number of fused-ring (bicyclic) bond motifs is 1. The smallest absolute Gasteiger partial charge is 0.0991 e. The van der Waals surface area contributed by atoms with Crippen molar-refractivity contribution >= 4 is 0 Å². The van der Waals surface area contributed by atoms with E-state index in [1.807, 2.05) is 12.3 Å². The Morgan fingerprint density at radius 3 is 3.18 bits per heavy atom.